The third-order valence-corrected chi connectivity index (χ3v) is 5.18. The summed E-state index contributed by atoms with van der Waals surface area (Å²) in [6.07, 6.45) is 0. The van der Waals surface area contributed by atoms with Gasteiger partial charge in [-0.15, -0.1) is 11.3 Å². The van der Waals surface area contributed by atoms with E-state index in [0.29, 0.717) is 6.54 Å². The Labute approximate surface area is 152 Å². The van der Waals surface area contributed by atoms with Crippen LogP contribution in [-0.4, -0.2) is 50.3 Å². The highest BCUT2D eigenvalue weighted by molar-refractivity contribution is 7.10. The summed E-state index contributed by atoms with van der Waals surface area (Å²) in [5, 5.41) is 5.09. The van der Waals surface area contributed by atoms with E-state index in [1.165, 1.54) is 4.88 Å². The second-order valence-corrected chi connectivity index (χ2v) is 7.07. The molecule has 5 nitrogen and oxygen atoms in total. The van der Waals surface area contributed by atoms with Gasteiger partial charge in [0.15, 0.2) is 6.61 Å². The Morgan fingerprint density at radius 2 is 2.16 bits per heavy atom. The molecule has 0 bridgehead atoms. The molecule has 1 aromatic carbocycles. The number of carbonyl (C=O) groups excluding carboxylic acids is 1. The lowest BCUT2D eigenvalue weighted by molar-refractivity contribution is -0.123. The number of aryl methyl sites for hydroxylation is 1. The van der Waals surface area contributed by atoms with Crippen LogP contribution in [-0.2, 0) is 9.53 Å². The molecular formula is C19H24N2O3S. The molecule has 1 aromatic heterocycles. The number of hydrogen-bond donors (Lipinski definition) is 1. The lowest BCUT2D eigenvalue weighted by Gasteiger charge is -2.34. The van der Waals surface area contributed by atoms with E-state index in [2.05, 4.69) is 27.7 Å². The van der Waals surface area contributed by atoms with Gasteiger partial charge in [-0.25, -0.2) is 0 Å². The molecule has 0 aliphatic carbocycles. The van der Waals surface area contributed by atoms with Gasteiger partial charge in [0.2, 0.25) is 0 Å². The molecule has 2 aromatic rings. The first kappa shape index (κ1) is 17.9. The number of amides is 1. The molecular weight excluding hydrogens is 336 g/mol. The normalized spacial score (nSPS) is 16.4. The first-order valence-corrected chi connectivity index (χ1v) is 9.42. The van der Waals surface area contributed by atoms with Crippen LogP contribution < -0.4 is 10.1 Å². The minimum atomic E-state index is -0.101. The van der Waals surface area contributed by atoms with Crippen LogP contribution in [0, 0.1) is 6.92 Å². The molecule has 3 rings (SSSR count). The average molecular weight is 360 g/mol. The van der Waals surface area contributed by atoms with Crippen molar-refractivity contribution in [1.82, 2.24) is 10.2 Å². The van der Waals surface area contributed by atoms with Crippen molar-refractivity contribution in [2.45, 2.75) is 13.0 Å². The van der Waals surface area contributed by atoms with E-state index < -0.39 is 0 Å². The Bertz CT molecular complexity index is 669. The van der Waals surface area contributed by atoms with Crippen LogP contribution in [0.15, 0.2) is 41.8 Å². The smallest absolute Gasteiger partial charge is 0.258 e. The molecule has 1 N–H and O–H groups in total. The van der Waals surface area contributed by atoms with Crippen LogP contribution in [0.25, 0.3) is 0 Å². The van der Waals surface area contributed by atoms with Crippen LogP contribution in [0.1, 0.15) is 16.5 Å². The molecule has 0 saturated carbocycles. The number of rotatable bonds is 7. The molecule has 2 heterocycles. The number of morpholine rings is 1. The summed E-state index contributed by atoms with van der Waals surface area (Å²) >= 11 is 1.72. The van der Waals surface area contributed by atoms with Gasteiger partial charge in [0.1, 0.15) is 5.75 Å². The maximum absolute atomic E-state index is 12.2. The van der Waals surface area contributed by atoms with Crippen molar-refractivity contribution in [3.05, 3.63) is 52.2 Å². The van der Waals surface area contributed by atoms with E-state index in [9.17, 15) is 4.79 Å². The van der Waals surface area contributed by atoms with Gasteiger partial charge in [0.05, 0.1) is 19.3 Å². The molecule has 1 fully saturated rings. The summed E-state index contributed by atoms with van der Waals surface area (Å²) in [5.41, 5.74) is 1.11. The molecule has 0 spiro atoms. The largest absolute Gasteiger partial charge is 0.484 e. The van der Waals surface area contributed by atoms with E-state index in [4.69, 9.17) is 9.47 Å². The maximum Gasteiger partial charge on any atom is 0.258 e. The van der Waals surface area contributed by atoms with Crippen molar-refractivity contribution in [2.24, 2.45) is 0 Å². The lowest BCUT2D eigenvalue weighted by atomic mass is 10.2. The first-order valence-electron chi connectivity index (χ1n) is 8.54. The SMILES string of the molecule is Cc1cccc(OCC(=O)NC[C@@H](c2cccs2)N2CCOCC2)c1. The van der Waals surface area contributed by atoms with E-state index >= 15 is 0 Å². The van der Waals surface area contributed by atoms with Crippen LogP contribution >= 0.6 is 11.3 Å². The molecule has 134 valence electrons. The topological polar surface area (TPSA) is 50.8 Å². The lowest BCUT2D eigenvalue weighted by Crippen LogP contribution is -2.44. The van der Waals surface area contributed by atoms with E-state index in [1.807, 2.05) is 31.2 Å². The Hall–Kier alpha value is -1.89. The number of hydrogen-bond acceptors (Lipinski definition) is 5. The monoisotopic (exact) mass is 360 g/mol. The van der Waals surface area contributed by atoms with Crippen molar-refractivity contribution in [2.75, 3.05) is 39.5 Å². The van der Waals surface area contributed by atoms with Crippen LogP contribution in [0.4, 0.5) is 0 Å². The summed E-state index contributed by atoms with van der Waals surface area (Å²) in [7, 11) is 0. The van der Waals surface area contributed by atoms with Gasteiger partial charge in [0.25, 0.3) is 5.91 Å². The number of carbonyl (C=O) groups is 1. The molecule has 1 aliphatic rings. The van der Waals surface area contributed by atoms with E-state index in [-0.39, 0.29) is 18.6 Å². The predicted molar refractivity (Wildman–Crippen MR) is 99.1 cm³/mol. The zero-order valence-electron chi connectivity index (χ0n) is 14.4. The molecule has 1 amide bonds. The van der Waals surface area contributed by atoms with Gasteiger partial charge < -0.3 is 14.8 Å². The van der Waals surface area contributed by atoms with Gasteiger partial charge in [-0.1, -0.05) is 18.2 Å². The van der Waals surface area contributed by atoms with Gasteiger partial charge in [-0.3, -0.25) is 9.69 Å². The summed E-state index contributed by atoms with van der Waals surface area (Å²) in [6.45, 7) is 5.87. The summed E-state index contributed by atoms with van der Waals surface area (Å²) in [4.78, 5) is 15.8. The minimum Gasteiger partial charge on any atom is -0.484 e. The Balaban J connectivity index is 1.52. The highest BCUT2D eigenvalue weighted by Gasteiger charge is 2.23. The molecule has 25 heavy (non-hydrogen) atoms. The van der Waals surface area contributed by atoms with Crippen molar-refractivity contribution < 1.29 is 14.3 Å². The first-order chi connectivity index (χ1) is 12.2. The minimum absolute atomic E-state index is 0.0315. The number of ether oxygens (including phenoxy) is 2. The molecule has 1 saturated heterocycles. The van der Waals surface area contributed by atoms with Crippen molar-refractivity contribution in [3.8, 4) is 5.75 Å². The zero-order valence-corrected chi connectivity index (χ0v) is 15.3. The second-order valence-electron chi connectivity index (χ2n) is 6.09. The predicted octanol–water partition coefficient (Wildman–Crippen LogP) is 2.63. The Kier molecular flexibility index (Phi) is 6.44. The number of benzene rings is 1. The molecule has 1 aliphatic heterocycles. The third-order valence-electron chi connectivity index (χ3n) is 4.21. The third kappa shape index (κ3) is 5.29. The van der Waals surface area contributed by atoms with Gasteiger partial charge >= 0.3 is 0 Å². The van der Waals surface area contributed by atoms with Crippen LogP contribution in [0.2, 0.25) is 0 Å². The molecule has 1 atom stereocenters. The fraction of sp³-hybridized carbons (Fsp3) is 0.421. The Morgan fingerprint density at radius 1 is 1.32 bits per heavy atom. The maximum atomic E-state index is 12.2. The fourth-order valence-electron chi connectivity index (χ4n) is 2.90. The van der Waals surface area contributed by atoms with Gasteiger partial charge in [0, 0.05) is 24.5 Å². The quantitative estimate of drug-likeness (QED) is 0.825. The number of nitrogens with zero attached hydrogens (tertiary/aromatic N) is 1. The van der Waals surface area contributed by atoms with E-state index in [1.54, 1.807) is 11.3 Å². The average Bonchev–Trinajstić information content (AvgIpc) is 3.15. The summed E-state index contributed by atoms with van der Waals surface area (Å²) in [5.74, 6) is 0.620. The van der Waals surface area contributed by atoms with E-state index in [0.717, 1.165) is 37.6 Å². The molecule has 0 unspecified atom stereocenters. The number of nitrogens with one attached hydrogen (secondary N) is 1. The fourth-order valence-corrected chi connectivity index (χ4v) is 3.76. The van der Waals surface area contributed by atoms with Crippen LogP contribution in [0.3, 0.4) is 0 Å². The van der Waals surface area contributed by atoms with Gasteiger partial charge in [-0.05, 0) is 36.1 Å². The van der Waals surface area contributed by atoms with Crippen molar-refractivity contribution in [3.63, 3.8) is 0 Å². The van der Waals surface area contributed by atoms with Crippen molar-refractivity contribution in [1.29, 1.82) is 0 Å². The second kappa shape index (κ2) is 8.99. The highest BCUT2D eigenvalue weighted by Crippen LogP contribution is 2.25. The highest BCUT2D eigenvalue weighted by atomic mass is 32.1. The summed E-state index contributed by atoms with van der Waals surface area (Å²) < 4.78 is 11.0. The van der Waals surface area contributed by atoms with Crippen LogP contribution in [0.5, 0.6) is 5.75 Å². The number of thiophene rings is 1. The molecule has 0 radical (unpaired) electrons. The van der Waals surface area contributed by atoms with Gasteiger partial charge in [-0.2, -0.15) is 0 Å². The zero-order chi connectivity index (χ0) is 17.5. The standard InChI is InChI=1S/C19H24N2O3S/c1-15-4-2-5-16(12-15)24-14-19(22)20-13-17(18-6-3-11-25-18)21-7-9-23-10-8-21/h2-6,11-12,17H,7-10,13-14H2,1H3,(H,20,22)/t17-/m0/s1. The van der Waals surface area contributed by atoms with Crippen molar-refractivity contribution >= 4 is 17.2 Å². The molecule has 6 heteroatoms. The Morgan fingerprint density at radius 3 is 2.88 bits per heavy atom. The summed E-state index contributed by atoms with van der Waals surface area (Å²) in [6, 6.07) is 12.1.